The van der Waals surface area contributed by atoms with E-state index >= 15 is 0 Å². The second-order valence-electron chi connectivity index (χ2n) is 8.69. The molecule has 0 bridgehead atoms. The maximum absolute atomic E-state index is 2.42. The van der Waals surface area contributed by atoms with Crippen LogP contribution in [0.4, 0.5) is 0 Å². The van der Waals surface area contributed by atoms with Crippen LogP contribution in [0, 0.1) is 6.92 Å². The third-order valence-electron chi connectivity index (χ3n) is 6.62. The second kappa shape index (κ2) is 5.81. The molecule has 29 heavy (non-hydrogen) atoms. The van der Waals surface area contributed by atoms with Crippen molar-refractivity contribution in [1.29, 1.82) is 0 Å². The highest BCUT2D eigenvalue weighted by Crippen LogP contribution is 2.50. The Kier molecular flexibility index (Phi) is 3.40. The number of rotatable bonds is 1. The minimum absolute atomic E-state index is 0.0336. The Morgan fingerprint density at radius 2 is 1.41 bits per heavy atom. The van der Waals surface area contributed by atoms with Gasteiger partial charge >= 0.3 is 0 Å². The molecule has 0 fully saturated rings. The number of hydrogen-bond acceptors (Lipinski definition) is 1. The first kappa shape index (κ1) is 17.0. The van der Waals surface area contributed by atoms with Crippen LogP contribution in [0.2, 0.25) is 0 Å². The second-order valence-corrected chi connectivity index (χ2v) is 9.78. The van der Waals surface area contributed by atoms with Gasteiger partial charge in [0.25, 0.3) is 0 Å². The van der Waals surface area contributed by atoms with Gasteiger partial charge in [0.15, 0.2) is 0 Å². The molecule has 0 radical (unpaired) electrons. The molecule has 0 nitrogen and oxygen atoms in total. The summed E-state index contributed by atoms with van der Waals surface area (Å²) >= 11 is 1.88. The molecule has 0 N–H and O–H groups in total. The van der Waals surface area contributed by atoms with Crippen molar-refractivity contribution < 1.29 is 0 Å². The topological polar surface area (TPSA) is 0 Å². The summed E-state index contributed by atoms with van der Waals surface area (Å²) in [6, 6.07) is 29.4. The average Bonchev–Trinajstić information content (AvgIpc) is 3.21. The van der Waals surface area contributed by atoms with Gasteiger partial charge in [0.2, 0.25) is 0 Å². The fraction of sp³-hybridized carbons (Fsp3) is 0.143. The monoisotopic (exact) mass is 390 g/mol. The van der Waals surface area contributed by atoms with E-state index in [1.165, 1.54) is 59.1 Å². The lowest BCUT2D eigenvalue weighted by Crippen LogP contribution is -2.15. The number of thiophene rings is 1. The van der Waals surface area contributed by atoms with Gasteiger partial charge in [-0.3, -0.25) is 0 Å². The van der Waals surface area contributed by atoms with Crippen molar-refractivity contribution in [3.8, 4) is 22.3 Å². The minimum Gasteiger partial charge on any atom is -0.135 e. The molecule has 0 unspecified atom stereocenters. The van der Waals surface area contributed by atoms with E-state index < -0.39 is 0 Å². The molecule has 1 heteroatoms. The zero-order valence-electron chi connectivity index (χ0n) is 16.9. The first-order valence-corrected chi connectivity index (χ1v) is 11.0. The molecule has 0 aliphatic heterocycles. The predicted octanol–water partition coefficient (Wildman–Crippen LogP) is 8.34. The number of benzene rings is 4. The average molecular weight is 391 g/mol. The van der Waals surface area contributed by atoms with E-state index in [9.17, 15) is 0 Å². The Hall–Kier alpha value is -2.90. The molecular formula is C28H22S. The van der Waals surface area contributed by atoms with Gasteiger partial charge in [-0.05, 0) is 70.1 Å². The van der Waals surface area contributed by atoms with Crippen LogP contribution in [0.3, 0.4) is 0 Å². The number of fused-ring (bicyclic) bond motifs is 6. The van der Waals surface area contributed by atoms with Crippen LogP contribution >= 0.6 is 11.3 Å². The molecule has 0 atom stereocenters. The molecule has 1 heterocycles. The largest absolute Gasteiger partial charge is 0.135 e. The van der Waals surface area contributed by atoms with Crippen molar-refractivity contribution in [2.24, 2.45) is 0 Å². The molecular weight excluding hydrogens is 368 g/mol. The van der Waals surface area contributed by atoms with E-state index in [4.69, 9.17) is 0 Å². The van der Waals surface area contributed by atoms with Gasteiger partial charge in [-0.1, -0.05) is 68.4 Å². The third-order valence-corrected chi connectivity index (χ3v) is 7.77. The Balaban J connectivity index is 1.56. The quantitative estimate of drug-likeness (QED) is 0.270. The van der Waals surface area contributed by atoms with E-state index in [1.54, 1.807) is 0 Å². The SMILES string of the molecule is Cc1cccc2c1-c1ccc(-c3ccc4sc5ccccc5c4c3)cc1C2(C)C. The van der Waals surface area contributed by atoms with Crippen molar-refractivity contribution >= 4 is 31.5 Å². The van der Waals surface area contributed by atoms with Gasteiger partial charge < -0.3 is 0 Å². The number of aryl methyl sites for hydroxylation is 1. The molecule has 6 rings (SSSR count). The Labute approximate surface area is 175 Å². The van der Waals surface area contributed by atoms with E-state index in [2.05, 4.69) is 99.6 Å². The zero-order chi connectivity index (χ0) is 19.8. The highest BCUT2D eigenvalue weighted by atomic mass is 32.1. The minimum atomic E-state index is 0.0336. The van der Waals surface area contributed by atoms with Gasteiger partial charge in [0.1, 0.15) is 0 Å². The molecule has 0 spiro atoms. The van der Waals surface area contributed by atoms with Crippen molar-refractivity contribution in [2.75, 3.05) is 0 Å². The van der Waals surface area contributed by atoms with E-state index in [1.807, 2.05) is 11.3 Å². The van der Waals surface area contributed by atoms with Crippen LogP contribution < -0.4 is 0 Å². The van der Waals surface area contributed by atoms with Crippen LogP contribution in [0.25, 0.3) is 42.4 Å². The maximum atomic E-state index is 2.42. The maximum Gasteiger partial charge on any atom is 0.0355 e. The summed E-state index contributed by atoms with van der Waals surface area (Å²) in [6.45, 7) is 6.94. The van der Waals surface area contributed by atoms with Crippen LogP contribution in [-0.4, -0.2) is 0 Å². The Bertz CT molecular complexity index is 1430. The first-order chi connectivity index (χ1) is 14.0. The summed E-state index contributed by atoms with van der Waals surface area (Å²) in [4.78, 5) is 0. The molecule has 1 aliphatic carbocycles. The fourth-order valence-corrected chi connectivity index (χ4v) is 6.14. The molecule has 0 saturated heterocycles. The summed E-state index contributed by atoms with van der Waals surface area (Å²) in [5.74, 6) is 0. The van der Waals surface area contributed by atoms with Gasteiger partial charge in [0, 0.05) is 25.6 Å². The van der Waals surface area contributed by atoms with Gasteiger partial charge in [-0.15, -0.1) is 11.3 Å². The van der Waals surface area contributed by atoms with Crippen LogP contribution in [0.1, 0.15) is 30.5 Å². The highest BCUT2D eigenvalue weighted by Gasteiger charge is 2.36. The van der Waals surface area contributed by atoms with Crippen molar-refractivity contribution in [1.82, 2.24) is 0 Å². The highest BCUT2D eigenvalue weighted by molar-refractivity contribution is 7.25. The molecule has 4 aromatic carbocycles. The lowest BCUT2D eigenvalue weighted by Gasteiger charge is -2.22. The smallest absolute Gasteiger partial charge is 0.0355 e. The summed E-state index contributed by atoms with van der Waals surface area (Å²) in [7, 11) is 0. The molecule has 0 amide bonds. The lowest BCUT2D eigenvalue weighted by atomic mass is 9.81. The third kappa shape index (κ3) is 2.31. The normalized spacial score (nSPS) is 14.3. The predicted molar refractivity (Wildman–Crippen MR) is 127 cm³/mol. The van der Waals surface area contributed by atoms with Crippen molar-refractivity contribution in [2.45, 2.75) is 26.2 Å². The molecule has 0 saturated carbocycles. The summed E-state index contributed by atoms with van der Waals surface area (Å²) in [5.41, 5.74) is 9.72. The zero-order valence-corrected chi connectivity index (χ0v) is 17.7. The molecule has 5 aromatic rings. The summed E-state index contributed by atoms with van der Waals surface area (Å²) in [5, 5.41) is 2.72. The van der Waals surface area contributed by atoms with E-state index in [0.717, 1.165) is 0 Å². The van der Waals surface area contributed by atoms with E-state index in [-0.39, 0.29) is 5.41 Å². The lowest BCUT2D eigenvalue weighted by molar-refractivity contribution is 0.660. The van der Waals surface area contributed by atoms with Gasteiger partial charge in [-0.25, -0.2) is 0 Å². The summed E-state index contributed by atoms with van der Waals surface area (Å²) in [6.07, 6.45) is 0. The standard InChI is InChI=1S/C28H22S/c1-17-7-6-9-23-27(17)21-13-11-19(16-24(21)28(23,2)3)18-12-14-26-22(15-18)20-8-4-5-10-25(20)29-26/h4-16H,1-3H3. The van der Waals surface area contributed by atoms with Gasteiger partial charge in [-0.2, -0.15) is 0 Å². The van der Waals surface area contributed by atoms with Crippen LogP contribution in [0.15, 0.2) is 78.9 Å². The Morgan fingerprint density at radius 1 is 0.655 bits per heavy atom. The summed E-state index contributed by atoms with van der Waals surface area (Å²) < 4.78 is 2.72. The molecule has 1 aliphatic rings. The van der Waals surface area contributed by atoms with Crippen LogP contribution in [0.5, 0.6) is 0 Å². The Morgan fingerprint density at radius 3 is 2.31 bits per heavy atom. The fourth-order valence-electron chi connectivity index (χ4n) is 5.06. The van der Waals surface area contributed by atoms with E-state index in [0.29, 0.717) is 0 Å². The van der Waals surface area contributed by atoms with Gasteiger partial charge in [0.05, 0.1) is 0 Å². The number of hydrogen-bond donors (Lipinski definition) is 0. The molecule has 140 valence electrons. The molecule has 1 aromatic heterocycles. The first-order valence-electron chi connectivity index (χ1n) is 10.2. The van der Waals surface area contributed by atoms with Crippen molar-refractivity contribution in [3.63, 3.8) is 0 Å². The van der Waals surface area contributed by atoms with Crippen molar-refractivity contribution in [3.05, 3.63) is 95.6 Å². The van der Waals surface area contributed by atoms with Crippen LogP contribution in [-0.2, 0) is 5.41 Å².